The molecule has 4 rings (SSSR count). The molecule has 2 aromatic rings. The molecular formula is C19H23N3O5. The van der Waals surface area contributed by atoms with Crippen molar-refractivity contribution in [3.8, 4) is 0 Å². The number of ether oxygens (including phenoxy) is 1. The Kier molecular flexibility index (Phi) is 4.29. The van der Waals surface area contributed by atoms with Crippen molar-refractivity contribution in [2.45, 2.75) is 43.5 Å². The quantitative estimate of drug-likeness (QED) is 0.668. The predicted octanol–water partition coefficient (Wildman–Crippen LogP) is 0.430. The number of hydrogen-bond acceptors (Lipinski definition) is 6. The van der Waals surface area contributed by atoms with Crippen molar-refractivity contribution in [1.82, 2.24) is 15.1 Å². The van der Waals surface area contributed by atoms with Crippen LogP contribution in [-0.4, -0.2) is 68.2 Å². The lowest BCUT2D eigenvalue weighted by Crippen LogP contribution is -2.64. The summed E-state index contributed by atoms with van der Waals surface area (Å²) in [6.07, 6.45) is 0.239. The molecule has 8 heteroatoms. The SMILES string of the molecule is C[C@@]1(O)CCOC2(CCN(C(=O)c3n[nH]c(=O)c4ccccc34)CC2)[C@H]1O. The second kappa shape index (κ2) is 6.40. The summed E-state index contributed by atoms with van der Waals surface area (Å²) in [7, 11) is 0. The van der Waals surface area contributed by atoms with Gasteiger partial charge in [-0.1, -0.05) is 18.2 Å². The van der Waals surface area contributed by atoms with Gasteiger partial charge in [-0.05, 0) is 25.8 Å². The third-order valence-corrected chi connectivity index (χ3v) is 5.88. The number of piperidine rings is 1. The molecule has 0 saturated carbocycles. The molecule has 2 saturated heterocycles. The normalized spacial score (nSPS) is 27.8. The molecule has 0 bridgehead atoms. The van der Waals surface area contributed by atoms with E-state index in [1.165, 1.54) is 0 Å². The molecule has 3 heterocycles. The summed E-state index contributed by atoms with van der Waals surface area (Å²) in [6, 6.07) is 6.87. The van der Waals surface area contributed by atoms with E-state index in [0.717, 1.165) is 0 Å². The van der Waals surface area contributed by atoms with Gasteiger partial charge in [0.15, 0.2) is 5.69 Å². The molecule has 2 fully saturated rings. The van der Waals surface area contributed by atoms with Crippen LogP contribution >= 0.6 is 0 Å². The standard InChI is InChI=1S/C19H23N3O5/c1-18(26)8-11-27-19(17(18)25)6-9-22(10-7-19)16(24)14-12-4-2-3-5-13(12)15(23)21-20-14/h2-5,17,25-26H,6-11H2,1H3,(H,21,23)/t17-,18+/m0/s1. The average molecular weight is 373 g/mol. The molecule has 1 aromatic carbocycles. The summed E-state index contributed by atoms with van der Waals surface area (Å²) in [5.74, 6) is -0.269. The lowest BCUT2D eigenvalue weighted by atomic mass is 9.75. The van der Waals surface area contributed by atoms with Gasteiger partial charge < -0.3 is 19.8 Å². The van der Waals surface area contributed by atoms with Crippen LogP contribution in [0.1, 0.15) is 36.7 Å². The number of hydrogen-bond donors (Lipinski definition) is 3. The molecule has 0 aliphatic carbocycles. The Hall–Kier alpha value is -2.29. The fourth-order valence-electron chi connectivity index (χ4n) is 4.18. The molecule has 2 atom stereocenters. The number of nitrogens with one attached hydrogen (secondary N) is 1. The summed E-state index contributed by atoms with van der Waals surface area (Å²) in [5, 5.41) is 28.3. The molecular weight excluding hydrogens is 350 g/mol. The smallest absolute Gasteiger partial charge is 0.274 e. The zero-order chi connectivity index (χ0) is 19.2. The number of nitrogens with zero attached hydrogens (tertiary/aromatic N) is 2. The minimum Gasteiger partial charge on any atom is -0.387 e. The highest BCUT2D eigenvalue weighted by Crippen LogP contribution is 2.40. The highest BCUT2D eigenvalue weighted by Gasteiger charge is 2.53. The molecule has 3 N–H and O–H groups in total. The average Bonchev–Trinajstić information content (AvgIpc) is 2.67. The van der Waals surface area contributed by atoms with E-state index in [9.17, 15) is 19.8 Å². The number of aliphatic hydroxyl groups is 2. The van der Waals surface area contributed by atoms with Crippen LogP contribution in [0.15, 0.2) is 29.1 Å². The highest BCUT2D eigenvalue weighted by molar-refractivity contribution is 6.04. The Labute approximate surface area is 155 Å². The van der Waals surface area contributed by atoms with Crippen LogP contribution in [0.25, 0.3) is 10.8 Å². The zero-order valence-electron chi connectivity index (χ0n) is 15.1. The summed E-state index contributed by atoms with van der Waals surface area (Å²) >= 11 is 0. The van der Waals surface area contributed by atoms with Gasteiger partial charge in [-0.2, -0.15) is 5.10 Å². The zero-order valence-corrected chi connectivity index (χ0v) is 15.1. The van der Waals surface area contributed by atoms with Gasteiger partial charge in [-0.3, -0.25) is 9.59 Å². The first-order chi connectivity index (χ1) is 12.8. The molecule has 0 radical (unpaired) electrons. The minimum atomic E-state index is -1.19. The van der Waals surface area contributed by atoms with Crippen molar-refractivity contribution >= 4 is 16.7 Å². The number of aromatic nitrogens is 2. The predicted molar refractivity (Wildman–Crippen MR) is 97.4 cm³/mol. The van der Waals surface area contributed by atoms with Crippen LogP contribution in [0, 0.1) is 0 Å². The summed E-state index contributed by atoms with van der Waals surface area (Å²) in [6.45, 7) is 2.75. The van der Waals surface area contributed by atoms with Crippen molar-refractivity contribution in [3.05, 3.63) is 40.3 Å². The number of carbonyl (C=O) groups excluding carboxylic acids is 1. The number of carbonyl (C=O) groups is 1. The molecule has 1 aromatic heterocycles. The van der Waals surface area contributed by atoms with E-state index >= 15 is 0 Å². The number of aliphatic hydroxyl groups excluding tert-OH is 1. The van der Waals surface area contributed by atoms with Crippen LogP contribution in [0.2, 0.25) is 0 Å². The van der Waals surface area contributed by atoms with Crippen molar-refractivity contribution < 1.29 is 19.7 Å². The van der Waals surface area contributed by atoms with Crippen molar-refractivity contribution in [2.24, 2.45) is 0 Å². The molecule has 27 heavy (non-hydrogen) atoms. The number of fused-ring (bicyclic) bond motifs is 1. The monoisotopic (exact) mass is 373 g/mol. The Morgan fingerprint density at radius 2 is 1.93 bits per heavy atom. The molecule has 1 spiro atoms. The van der Waals surface area contributed by atoms with Gasteiger partial charge in [0.2, 0.25) is 0 Å². The van der Waals surface area contributed by atoms with Gasteiger partial charge in [-0.25, -0.2) is 5.10 Å². The Morgan fingerprint density at radius 3 is 2.63 bits per heavy atom. The third-order valence-electron chi connectivity index (χ3n) is 5.88. The Balaban J connectivity index is 1.57. The number of benzene rings is 1. The summed E-state index contributed by atoms with van der Waals surface area (Å²) in [5.41, 5.74) is -2.15. The van der Waals surface area contributed by atoms with Gasteiger partial charge in [0, 0.05) is 24.9 Å². The molecule has 2 aliphatic heterocycles. The number of rotatable bonds is 1. The third kappa shape index (κ3) is 2.93. The first kappa shape index (κ1) is 18.1. The Bertz CT molecular complexity index is 930. The topological polar surface area (TPSA) is 116 Å². The molecule has 1 amide bonds. The summed E-state index contributed by atoms with van der Waals surface area (Å²) in [4.78, 5) is 26.6. The van der Waals surface area contributed by atoms with Gasteiger partial charge in [-0.15, -0.1) is 0 Å². The molecule has 144 valence electrons. The second-order valence-corrected chi connectivity index (χ2v) is 7.66. The molecule has 0 unspecified atom stereocenters. The first-order valence-electron chi connectivity index (χ1n) is 9.15. The number of H-pyrrole nitrogens is 1. The number of likely N-dealkylation sites (tertiary alicyclic amines) is 1. The second-order valence-electron chi connectivity index (χ2n) is 7.66. The van der Waals surface area contributed by atoms with Gasteiger partial charge >= 0.3 is 0 Å². The minimum absolute atomic E-state index is 0.207. The maximum Gasteiger partial charge on any atom is 0.274 e. The van der Waals surface area contributed by atoms with Gasteiger partial charge in [0.1, 0.15) is 11.7 Å². The van der Waals surface area contributed by atoms with Crippen molar-refractivity contribution in [3.63, 3.8) is 0 Å². The van der Waals surface area contributed by atoms with E-state index < -0.39 is 17.3 Å². The van der Waals surface area contributed by atoms with Gasteiger partial charge in [0.05, 0.1) is 17.6 Å². The Morgan fingerprint density at radius 1 is 1.26 bits per heavy atom. The van der Waals surface area contributed by atoms with Crippen LogP contribution in [0.4, 0.5) is 0 Å². The molecule has 8 nitrogen and oxygen atoms in total. The number of amides is 1. The lowest BCUT2D eigenvalue weighted by molar-refractivity contribution is -0.244. The largest absolute Gasteiger partial charge is 0.387 e. The van der Waals surface area contributed by atoms with Crippen molar-refractivity contribution in [1.29, 1.82) is 0 Å². The van der Waals surface area contributed by atoms with Crippen LogP contribution < -0.4 is 5.56 Å². The van der Waals surface area contributed by atoms with E-state index in [2.05, 4.69) is 10.2 Å². The molecule has 2 aliphatic rings. The number of aromatic amines is 1. The lowest BCUT2D eigenvalue weighted by Gasteiger charge is -2.51. The summed E-state index contributed by atoms with van der Waals surface area (Å²) < 4.78 is 5.86. The maximum absolute atomic E-state index is 13.0. The fourth-order valence-corrected chi connectivity index (χ4v) is 4.18. The van der Waals surface area contributed by atoms with E-state index in [0.29, 0.717) is 49.7 Å². The van der Waals surface area contributed by atoms with E-state index in [1.54, 1.807) is 36.1 Å². The van der Waals surface area contributed by atoms with Crippen LogP contribution in [-0.2, 0) is 4.74 Å². The highest BCUT2D eigenvalue weighted by atomic mass is 16.5. The fraction of sp³-hybridized carbons (Fsp3) is 0.526. The first-order valence-corrected chi connectivity index (χ1v) is 9.15. The van der Waals surface area contributed by atoms with E-state index in [-0.39, 0.29) is 17.2 Å². The van der Waals surface area contributed by atoms with Gasteiger partial charge in [0.25, 0.3) is 11.5 Å². The van der Waals surface area contributed by atoms with Crippen LogP contribution in [0.3, 0.4) is 0 Å². The van der Waals surface area contributed by atoms with Crippen LogP contribution in [0.5, 0.6) is 0 Å². The van der Waals surface area contributed by atoms with E-state index in [4.69, 9.17) is 4.74 Å². The van der Waals surface area contributed by atoms with E-state index in [1.807, 2.05) is 0 Å². The van der Waals surface area contributed by atoms with Crippen molar-refractivity contribution in [2.75, 3.05) is 19.7 Å². The maximum atomic E-state index is 13.0.